The smallest absolute Gasteiger partial charge is 0.293 e. The molecule has 3 N–H and O–H groups in total. The number of benzene rings is 1. The summed E-state index contributed by atoms with van der Waals surface area (Å²) >= 11 is 0. The quantitative estimate of drug-likeness (QED) is 0.335. The predicted octanol–water partition coefficient (Wildman–Crippen LogP) is 2.92. The molecule has 10 nitrogen and oxygen atoms in total. The molecule has 13 heteroatoms. The van der Waals surface area contributed by atoms with E-state index in [1.54, 1.807) is 17.6 Å². The van der Waals surface area contributed by atoms with Gasteiger partial charge in [0, 0.05) is 30.3 Å². The fraction of sp³-hybridized carbons (Fsp3) is 0.360. The number of nitrogens with one attached hydrogen (secondary N) is 3. The Bertz CT molecular complexity index is 1560. The number of anilines is 1. The number of nitriles is 1. The van der Waals surface area contributed by atoms with Crippen molar-refractivity contribution in [3.05, 3.63) is 64.0 Å². The van der Waals surface area contributed by atoms with Crippen molar-refractivity contribution < 1.29 is 27.6 Å². The predicted molar refractivity (Wildman–Crippen MR) is 124 cm³/mol. The molecule has 2 atom stereocenters. The van der Waals surface area contributed by atoms with E-state index in [0.717, 1.165) is 12.5 Å². The van der Waals surface area contributed by atoms with Gasteiger partial charge in [-0.3, -0.25) is 14.4 Å². The fourth-order valence-corrected chi connectivity index (χ4v) is 5.80. The summed E-state index contributed by atoms with van der Waals surface area (Å²) in [6.07, 6.45) is 1.09. The first-order valence-corrected chi connectivity index (χ1v) is 11.9. The van der Waals surface area contributed by atoms with E-state index >= 15 is 0 Å². The summed E-state index contributed by atoms with van der Waals surface area (Å²) in [4.78, 5) is 39.9. The second kappa shape index (κ2) is 8.01. The molecule has 0 bridgehead atoms. The van der Waals surface area contributed by atoms with Crippen molar-refractivity contribution in [2.45, 2.75) is 50.1 Å². The molecule has 0 saturated heterocycles. The minimum absolute atomic E-state index is 0.00347. The SMILES string of the molecule is Cc1c(C(=O)C(=O)NC2(c3cn[nH]n3)CC(F)(F)C2)c2n(c1C(=O)Nc1ccc(F)c(C#N)c1)C1CC1C2. The number of amides is 2. The Labute approximate surface area is 213 Å². The number of hydrogen-bond acceptors (Lipinski definition) is 6. The van der Waals surface area contributed by atoms with E-state index < -0.39 is 47.7 Å². The molecule has 2 fully saturated rings. The van der Waals surface area contributed by atoms with Crippen molar-refractivity contribution >= 4 is 23.3 Å². The van der Waals surface area contributed by atoms with E-state index in [2.05, 4.69) is 26.0 Å². The number of ketones is 1. The minimum Gasteiger partial charge on any atom is -0.337 e. The number of fused-ring (bicyclic) bond motifs is 3. The number of aromatic amines is 1. The van der Waals surface area contributed by atoms with E-state index in [1.807, 2.05) is 0 Å². The van der Waals surface area contributed by atoms with Crippen LogP contribution in [0.3, 0.4) is 0 Å². The Morgan fingerprint density at radius 2 is 2.03 bits per heavy atom. The summed E-state index contributed by atoms with van der Waals surface area (Å²) in [7, 11) is 0. The Kier molecular flexibility index (Phi) is 5.04. The molecule has 194 valence electrons. The number of carbonyl (C=O) groups is 3. The normalized spacial score (nSPS) is 21.4. The van der Waals surface area contributed by atoms with E-state index in [4.69, 9.17) is 5.26 Å². The summed E-state index contributed by atoms with van der Waals surface area (Å²) in [5.41, 5.74) is -0.412. The van der Waals surface area contributed by atoms with Crippen molar-refractivity contribution in [3.63, 3.8) is 0 Å². The molecule has 3 heterocycles. The molecule has 2 amide bonds. The lowest BCUT2D eigenvalue weighted by Crippen LogP contribution is -2.61. The first-order chi connectivity index (χ1) is 18.0. The van der Waals surface area contributed by atoms with Crippen LogP contribution in [0.1, 0.15) is 68.7 Å². The highest BCUT2D eigenvalue weighted by molar-refractivity contribution is 6.44. The summed E-state index contributed by atoms with van der Waals surface area (Å²) in [6.45, 7) is 1.55. The summed E-state index contributed by atoms with van der Waals surface area (Å²) in [5, 5.41) is 24.0. The van der Waals surface area contributed by atoms with Gasteiger partial charge in [-0.15, -0.1) is 0 Å². The van der Waals surface area contributed by atoms with Crippen LogP contribution in [-0.2, 0) is 16.8 Å². The van der Waals surface area contributed by atoms with Gasteiger partial charge >= 0.3 is 0 Å². The molecule has 2 aromatic heterocycles. The van der Waals surface area contributed by atoms with Gasteiger partial charge in [-0.25, -0.2) is 13.2 Å². The van der Waals surface area contributed by atoms with Gasteiger partial charge in [-0.2, -0.15) is 20.7 Å². The molecule has 3 aromatic rings. The Hall–Kier alpha value is -4.47. The average molecular weight is 523 g/mol. The van der Waals surface area contributed by atoms with Crippen LogP contribution in [0, 0.1) is 30.0 Å². The highest BCUT2D eigenvalue weighted by Crippen LogP contribution is 2.55. The molecule has 0 radical (unpaired) electrons. The maximum atomic E-state index is 13.9. The van der Waals surface area contributed by atoms with Crippen LogP contribution in [-0.4, -0.2) is 43.5 Å². The van der Waals surface area contributed by atoms with Crippen molar-refractivity contribution in [2.75, 3.05) is 5.32 Å². The Balaban J connectivity index is 1.31. The van der Waals surface area contributed by atoms with Crippen LogP contribution >= 0.6 is 0 Å². The molecule has 38 heavy (non-hydrogen) atoms. The van der Waals surface area contributed by atoms with E-state index in [9.17, 15) is 27.6 Å². The standard InChI is InChI=1S/C25H20F3N7O3/c1-11-19(21(36)23(38)32-24(9-25(27,28)10-24)18-8-30-34-33-18)17-6-12-5-16(12)35(17)20(11)22(37)31-14-2-3-15(26)13(4-14)7-29/h2-4,8,12,16H,5-6,9-10H2,1H3,(H,31,37)(H,32,38)(H,30,33,34). The van der Waals surface area contributed by atoms with Gasteiger partial charge in [0.05, 0.1) is 22.9 Å². The molecular weight excluding hydrogens is 503 g/mol. The van der Waals surface area contributed by atoms with Gasteiger partial charge in [0.2, 0.25) is 0 Å². The van der Waals surface area contributed by atoms with Crippen LogP contribution in [0.15, 0.2) is 24.4 Å². The first kappa shape index (κ1) is 23.9. The number of hydrogen-bond donors (Lipinski definition) is 3. The van der Waals surface area contributed by atoms with E-state index in [-0.39, 0.29) is 45.7 Å². The number of halogens is 3. The Morgan fingerprint density at radius 3 is 2.68 bits per heavy atom. The number of carbonyl (C=O) groups excluding carboxylic acids is 3. The third-order valence-electron chi connectivity index (χ3n) is 7.59. The summed E-state index contributed by atoms with van der Waals surface area (Å²) in [6, 6.07) is 5.30. The monoisotopic (exact) mass is 523 g/mol. The fourth-order valence-electron chi connectivity index (χ4n) is 5.80. The number of rotatable bonds is 6. The van der Waals surface area contributed by atoms with E-state index in [0.29, 0.717) is 12.1 Å². The van der Waals surface area contributed by atoms with Crippen molar-refractivity contribution in [1.82, 2.24) is 25.3 Å². The zero-order valence-electron chi connectivity index (χ0n) is 19.9. The van der Waals surface area contributed by atoms with E-state index in [1.165, 1.54) is 18.3 Å². The number of aromatic nitrogens is 4. The van der Waals surface area contributed by atoms with Crippen LogP contribution in [0.5, 0.6) is 0 Å². The van der Waals surface area contributed by atoms with Crippen molar-refractivity contribution in [2.24, 2.45) is 5.92 Å². The molecule has 2 unspecified atom stereocenters. The number of nitrogens with zero attached hydrogens (tertiary/aromatic N) is 4. The highest BCUT2D eigenvalue weighted by Gasteiger charge is 2.60. The van der Waals surface area contributed by atoms with Gasteiger partial charge in [0.25, 0.3) is 23.5 Å². The second-order valence-corrected chi connectivity index (χ2v) is 10.1. The van der Waals surface area contributed by atoms with Crippen LogP contribution in [0.2, 0.25) is 0 Å². The van der Waals surface area contributed by atoms with Crippen molar-refractivity contribution in [1.29, 1.82) is 5.26 Å². The van der Waals surface area contributed by atoms with Crippen LogP contribution < -0.4 is 10.6 Å². The van der Waals surface area contributed by atoms with Gasteiger partial charge in [0.1, 0.15) is 23.3 Å². The maximum absolute atomic E-state index is 13.9. The number of alkyl halides is 2. The summed E-state index contributed by atoms with van der Waals surface area (Å²) < 4.78 is 43.2. The molecule has 6 rings (SSSR count). The molecule has 1 aliphatic heterocycles. The zero-order chi connectivity index (χ0) is 27.0. The Morgan fingerprint density at radius 1 is 1.26 bits per heavy atom. The van der Waals surface area contributed by atoms with Crippen molar-refractivity contribution in [3.8, 4) is 6.07 Å². The molecule has 2 aliphatic carbocycles. The van der Waals surface area contributed by atoms with Gasteiger partial charge in [0.15, 0.2) is 0 Å². The first-order valence-electron chi connectivity index (χ1n) is 11.9. The molecule has 0 spiro atoms. The molecule has 1 aromatic carbocycles. The van der Waals surface area contributed by atoms with Crippen LogP contribution in [0.25, 0.3) is 0 Å². The van der Waals surface area contributed by atoms with Gasteiger partial charge in [-0.05, 0) is 49.4 Å². The lowest BCUT2D eigenvalue weighted by atomic mass is 9.71. The minimum atomic E-state index is -3.03. The number of H-pyrrole nitrogens is 1. The second-order valence-electron chi connectivity index (χ2n) is 10.1. The maximum Gasteiger partial charge on any atom is 0.293 e. The largest absolute Gasteiger partial charge is 0.337 e. The summed E-state index contributed by atoms with van der Waals surface area (Å²) in [5.74, 6) is -6.11. The van der Waals surface area contributed by atoms with Crippen LogP contribution in [0.4, 0.5) is 18.9 Å². The molecule has 3 aliphatic rings. The van der Waals surface area contributed by atoms with Gasteiger partial charge in [-0.1, -0.05) is 0 Å². The number of Topliss-reactive ketones (excluding diaryl/α,β-unsaturated/α-hetero) is 1. The lowest BCUT2D eigenvalue weighted by Gasteiger charge is -2.46. The average Bonchev–Trinajstić information content (AvgIpc) is 3.18. The molecule has 2 saturated carbocycles. The highest BCUT2D eigenvalue weighted by atomic mass is 19.3. The third kappa shape index (κ3) is 3.59. The lowest BCUT2D eigenvalue weighted by molar-refractivity contribution is -0.148. The zero-order valence-corrected chi connectivity index (χ0v) is 19.9. The molecular formula is C25H20F3N7O3. The van der Waals surface area contributed by atoms with Gasteiger partial charge < -0.3 is 15.2 Å². The third-order valence-corrected chi connectivity index (χ3v) is 7.59. The topological polar surface area (TPSA) is 146 Å².